The van der Waals surface area contributed by atoms with Gasteiger partial charge < -0.3 is 4.74 Å². The number of thiazole rings is 1. The number of carbonyl (C=O) groups excluding carboxylic acids is 2. The van der Waals surface area contributed by atoms with Crippen LogP contribution in [0.3, 0.4) is 0 Å². The monoisotopic (exact) mass is 369 g/mol. The van der Waals surface area contributed by atoms with Crippen LogP contribution in [-0.2, 0) is 4.74 Å². The molecule has 0 radical (unpaired) electrons. The van der Waals surface area contributed by atoms with Gasteiger partial charge in [-0.2, -0.15) is 0 Å². The third-order valence-electron chi connectivity index (χ3n) is 2.63. The van der Waals surface area contributed by atoms with Gasteiger partial charge in [-0.3, -0.25) is 4.79 Å². The van der Waals surface area contributed by atoms with Gasteiger partial charge in [0.05, 0.1) is 14.1 Å². The summed E-state index contributed by atoms with van der Waals surface area (Å²) >= 11 is 9.84. The molecule has 112 valence electrons. The lowest BCUT2D eigenvalue weighted by atomic mass is 10.3. The summed E-state index contributed by atoms with van der Waals surface area (Å²) in [7, 11) is 0. The largest absolute Gasteiger partial charge is 0.453 e. The van der Waals surface area contributed by atoms with E-state index in [9.17, 15) is 9.59 Å². The van der Waals surface area contributed by atoms with Crippen LogP contribution >= 0.6 is 45.6 Å². The first-order valence-electron chi connectivity index (χ1n) is 6.08. The van der Waals surface area contributed by atoms with Crippen LogP contribution in [0.5, 0.6) is 0 Å². The molecule has 0 spiro atoms. The predicted molar refractivity (Wildman–Crippen MR) is 89.4 cm³/mol. The molecule has 4 nitrogen and oxygen atoms in total. The minimum atomic E-state index is -0.602. The fourth-order valence-electron chi connectivity index (χ4n) is 1.62. The van der Waals surface area contributed by atoms with Crippen molar-refractivity contribution in [2.75, 3.05) is 6.61 Å². The smallest absolute Gasteiger partial charge is 0.358 e. The Morgan fingerprint density at radius 2 is 2.09 bits per heavy atom. The maximum absolute atomic E-state index is 11.9. The predicted octanol–water partition coefficient (Wildman–Crippen LogP) is 4.63. The van der Waals surface area contributed by atoms with E-state index >= 15 is 0 Å². The molecule has 22 heavy (non-hydrogen) atoms. The number of hydrogen-bond acceptors (Lipinski definition) is 7. The normalized spacial score (nSPS) is 10.6. The molecule has 0 N–H and O–H groups in total. The quantitative estimate of drug-likeness (QED) is 0.486. The van der Waals surface area contributed by atoms with Crippen molar-refractivity contribution < 1.29 is 14.3 Å². The van der Waals surface area contributed by atoms with Crippen molar-refractivity contribution in [3.8, 4) is 9.88 Å². The number of carbonyl (C=O) groups is 2. The van der Waals surface area contributed by atoms with Crippen LogP contribution in [0.2, 0.25) is 4.34 Å². The number of esters is 1. The molecule has 0 aliphatic rings. The van der Waals surface area contributed by atoms with Gasteiger partial charge in [0.2, 0.25) is 5.78 Å². The molecule has 0 aromatic carbocycles. The summed E-state index contributed by atoms with van der Waals surface area (Å²) in [5, 5.41) is 4.34. The standard InChI is InChI=1S/C14H8ClNO3S3/c15-12-4-3-10(22-12)9(17)6-19-14(18)8-7-21-13(16-8)11-2-1-5-20-11/h1-5,7H,6H2. The van der Waals surface area contributed by atoms with Crippen LogP contribution in [0, 0.1) is 0 Å². The van der Waals surface area contributed by atoms with Crippen LogP contribution in [-0.4, -0.2) is 23.3 Å². The first-order chi connectivity index (χ1) is 10.6. The molecule has 3 aromatic rings. The van der Waals surface area contributed by atoms with E-state index in [0.717, 1.165) is 21.2 Å². The number of Topliss-reactive ketones (excluding diaryl/α,β-unsaturated/α-hetero) is 1. The van der Waals surface area contributed by atoms with Crippen molar-refractivity contribution in [2.24, 2.45) is 0 Å². The Labute approximate surface area is 143 Å². The van der Waals surface area contributed by atoms with Gasteiger partial charge in [0.1, 0.15) is 5.01 Å². The second kappa shape index (κ2) is 6.70. The van der Waals surface area contributed by atoms with E-state index in [-0.39, 0.29) is 18.1 Å². The molecular weight excluding hydrogens is 362 g/mol. The van der Waals surface area contributed by atoms with Gasteiger partial charge in [0, 0.05) is 5.38 Å². The van der Waals surface area contributed by atoms with E-state index in [2.05, 4.69) is 4.98 Å². The highest BCUT2D eigenvalue weighted by molar-refractivity contribution is 7.20. The van der Waals surface area contributed by atoms with Crippen LogP contribution in [0.1, 0.15) is 20.2 Å². The SMILES string of the molecule is O=C(OCC(=O)c1ccc(Cl)s1)c1csc(-c2cccs2)n1. The van der Waals surface area contributed by atoms with Crippen LogP contribution in [0.4, 0.5) is 0 Å². The lowest BCUT2D eigenvalue weighted by Gasteiger charge is -2.00. The zero-order valence-corrected chi connectivity index (χ0v) is 14.2. The molecule has 0 aliphatic carbocycles. The molecule has 3 heterocycles. The first kappa shape index (κ1) is 15.4. The first-order valence-corrected chi connectivity index (χ1v) is 9.04. The highest BCUT2D eigenvalue weighted by atomic mass is 35.5. The molecule has 8 heteroatoms. The molecule has 0 saturated carbocycles. The van der Waals surface area contributed by atoms with E-state index in [1.165, 1.54) is 11.3 Å². The topological polar surface area (TPSA) is 56.3 Å². The van der Waals surface area contributed by atoms with E-state index in [4.69, 9.17) is 16.3 Å². The zero-order chi connectivity index (χ0) is 15.5. The Hall–Kier alpha value is -1.54. The van der Waals surface area contributed by atoms with Crippen molar-refractivity contribution in [3.63, 3.8) is 0 Å². The van der Waals surface area contributed by atoms with E-state index < -0.39 is 5.97 Å². The number of nitrogens with zero attached hydrogens (tertiary/aromatic N) is 1. The lowest BCUT2D eigenvalue weighted by Crippen LogP contribution is -2.13. The van der Waals surface area contributed by atoms with E-state index in [1.807, 2.05) is 17.5 Å². The fourth-order valence-corrected chi connectivity index (χ4v) is 4.19. The molecule has 0 bridgehead atoms. The lowest BCUT2D eigenvalue weighted by molar-refractivity contribution is 0.0471. The fraction of sp³-hybridized carbons (Fsp3) is 0.0714. The number of rotatable bonds is 5. The third-order valence-corrected chi connectivity index (χ3v) is 5.78. The maximum atomic E-state index is 11.9. The van der Waals surface area contributed by atoms with Crippen molar-refractivity contribution >= 4 is 57.4 Å². The highest BCUT2D eigenvalue weighted by Crippen LogP contribution is 2.28. The molecule has 0 aliphatic heterocycles. The van der Waals surface area contributed by atoms with Crippen LogP contribution < -0.4 is 0 Å². The summed E-state index contributed by atoms with van der Waals surface area (Å²) in [4.78, 5) is 29.5. The van der Waals surface area contributed by atoms with Crippen molar-refractivity contribution in [1.29, 1.82) is 0 Å². The number of hydrogen-bond donors (Lipinski definition) is 0. The second-order valence-electron chi connectivity index (χ2n) is 4.12. The Morgan fingerprint density at radius 1 is 1.23 bits per heavy atom. The van der Waals surface area contributed by atoms with Gasteiger partial charge in [-0.25, -0.2) is 9.78 Å². The molecule has 0 amide bonds. The van der Waals surface area contributed by atoms with E-state index in [0.29, 0.717) is 9.21 Å². The minimum absolute atomic E-state index is 0.213. The molecule has 0 saturated heterocycles. The van der Waals surface area contributed by atoms with Gasteiger partial charge in [-0.1, -0.05) is 17.7 Å². The molecule has 3 aromatic heterocycles. The average molecular weight is 370 g/mol. The summed E-state index contributed by atoms with van der Waals surface area (Å²) in [5.41, 5.74) is 0.213. The van der Waals surface area contributed by atoms with Gasteiger partial charge in [-0.15, -0.1) is 34.0 Å². The van der Waals surface area contributed by atoms with Crippen molar-refractivity contribution in [2.45, 2.75) is 0 Å². The summed E-state index contributed by atoms with van der Waals surface area (Å²) < 4.78 is 5.53. The minimum Gasteiger partial charge on any atom is -0.453 e. The molecule has 0 fully saturated rings. The Kier molecular flexibility index (Phi) is 4.68. The van der Waals surface area contributed by atoms with Crippen LogP contribution in [0.15, 0.2) is 35.0 Å². The second-order valence-corrected chi connectivity index (χ2v) is 7.64. The average Bonchev–Trinajstić information content (AvgIpc) is 3.23. The molecule has 3 rings (SSSR count). The Balaban J connectivity index is 1.61. The summed E-state index contributed by atoms with van der Waals surface area (Å²) in [6, 6.07) is 7.10. The maximum Gasteiger partial charge on any atom is 0.358 e. The Morgan fingerprint density at radius 3 is 2.77 bits per heavy atom. The number of aromatic nitrogens is 1. The summed E-state index contributed by atoms with van der Waals surface area (Å²) in [6.07, 6.45) is 0. The van der Waals surface area contributed by atoms with Gasteiger partial charge in [0.15, 0.2) is 12.3 Å². The number of halogens is 1. The van der Waals surface area contributed by atoms with Crippen molar-refractivity contribution in [1.82, 2.24) is 4.98 Å². The highest BCUT2D eigenvalue weighted by Gasteiger charge is 2.16. The van der Waals surface area contributed by atoms with Gasteiger partial charge in [-0.05, 0) is 23.6 Å². The Bertz CT molecular complexity index is 807. The zero-order valence-electron chi connectivity index (χ0n) is 10.9. The van der Waals surface area contributed by atoms with Crippen molar-refractivity contribution in [3.05, 3.63) is 49.9 Å². The summed E-state index contributed by atoms with van der Waals surface area (Å²) in [5.74, 6) is -0.881. The number of ether oxygens (including phenoxy) is 1. The van der Waals surface area contributed by atoms with Gasteiger partial charge >= 0.3 is 5.97 Å². The number of thiophene rings is 2. The summed E-state index contributed by atoms with van der Waals surface area (Å²) in [6.45, 7) is -0.318. The third kappa shape index (κ3) is 3.44. The number of ketones is 1. The van der Waals surface area contributed by atoms with Gasteiger partial charge in [0.25, 0.3) is 0 Å². The molecule has 0 atom stereocenters. The van der Waals surface area contributed by atoms with Crippen LogP contribution in [0.25, 0.3) is 9.88 Å². The molecular formula is C14H8ClNO3S3. The molecule has 0 unspecified atom stereocenters. The van der Waals surface area contributed by atoms with E-state index in [1.54, 1.807) is 28.8 Å².